The lowest BCUT2D eigenvalue weighted by Crippen LogP contribution is -2.20. The molecule has 0 saturated carbocycles. The quantitative estimate of drug-likeness (QED) is 0.525. The number of ether oxygens (including phenoxy) is 1. The standard InChI is InChI=1S/C22H21F2N3O/c1-2-27-21-5-3-4-6-22(21)28-10-9-25-13-16-11-17(15-26-14-16)19-8-7-18(23)12-20(19)24/h2-8,11-12,14-15,25,27H,1,9-10,13H2. The highest BCUT2D eigenvalue weighted by Gasteiger charge is 2.07. The van der Waals surface area contributed by atoms with Gasteiger partial charge in [0, 0.05) is 42.7 Å². The summed E-state index contributed by atoms with van der Waals surface area (Å²) in [4.78, 5) is 4.15. The summed E-state index contributed by atoms with van der Waals surface area (Å²) < 4.78 is 32.8. The van der Waals surface area contributed by atoms with Crippen LogP contribution in [-0.4, -0.2) is 18.1 Å². The number of hydrogen-bond acceptors (Lipinski definition) is 4. The summed E-state index contributed by atoms with van der Waals surface area (Å²) >= 11 is 0. The number of nitrogens with zero attached hydrogens (tertiary/aromatic N) is 1. The lowest BCUT2D eigenvalue weighted by atomic mass is 10.1. The van der Waals surface area contributed by atoms with Gasteiger partial charge in [0.25, 0.3) is 0 Å². The first-order valence-electron chi connectivity index (χ1n) is 8.86. The summed E-state index contributed by atoms with van der Waals surface area (Å²) in [5.74, 6) is -0.455. The second-order valence-electron chi connectivity index (χ2n) is 6.08. The summed E-state index contributed by atoms with van der Waals surface area (Å²) in [6.07, 6.45) is 4.87. The third-order valence-corrected chi connectivity index (χ3v) is 4.05. The van der Waals surface area contributed by atoms with Crippen molar-refractivity contribution >= 4 is 5.69 Å². The second kappa shape index (κ2) is 9.62. The zero-order chi connectivity index (χ0) is 19.8. The van der Waals surface area contributed by atoms with Crippen LogP contribution in [0.2, 0.25) is 0 Å². The van der Waals surface area contributed by atoms with Crippen LogP contribution in [0.15, 0.2) is 73.7 Å². The first kappa shape index (κ1) is 19.5. The molecule has 3 rings (SSSR count). The number of aromatic nitrogens is 1. The number of hydrogen-bond donors (Lipinski definition) is 2. The molecule has 1 heterocycles. The monoisotopic (exact) mass is 381 g/mol. The molecule has 0 radical (unpaired) electrons. The van der Waals surface area contributed by atoms with Gasteiger partial charge in [-0.25, -0.2) is 8.78 Å². The molecule has 0 fully saturated rings. The Labute approximate surface area is 162 Å². The van der Waals surface area contributed by atoms with Crippen LogP contribution in [0.5, 0.6) is 5.75 Å². The van der Waals surface area contributed by atoms with Crippen molar-refractivity contribution in [2.45, 2.75) is 6.54 Å². The Balaban J connectivity index is 1.52. The molecular weight excluding hydrogens is 360 g/mol. The molecule has 0 aliphatic carbocycles. The molecule has 144 valence electrons. The maximum atomic E-state index is 14.0. The summed E-state index contributed by atoms with van der Waals surface area (Å²) in [6, 6.07) is 13.0. The highest BCUT2D eigenvalue weighted by atomic mass is 19.1. The summed E-state index contributed by atoms with van der Waals surface area (Å²) in [5.41, 5.74) is 2.69. The van der Waals surface area contributed by atoms with E-state index in [-0.39, 0.29) is 0 Å². The Morgan fingerprint density at radius 1 is 1.07 bits per heavy atom. The summed E-state index contributed by atoms with van der Waals surface area (Å²) in [6.45, 7) is 5.31. The molecule has 0 atom stereocenters. The van der Waals surface area contributed by atoms with Gasteiger partial charge < -0.3 is 15.4 Å². The maximum absolute atomic E-state index is 14.0. The van der Waals surface area contributed by atoms with Gasteiger partial charge in [-0.3, -0.25) is 4.98 Å². The molecule has 0 amide bonds. The Morgan fingerprint density at radius 2 is 1.93 bits per heavy atom. The number of nitrogens with one attached hydrogen (secondary N) is 2. The van der Waals surface area contributed by atoms with E-state index in [1.165, 1.54) is 12.1 Å². The van der Waals surface area contributed by atoms with E-state index < -0.39 is 11.6 Å². The largest absolute Gasteiger partial charge is 0.490 e. The molecular formula is C22H21F2N3O. The smallest absolute Gasteiger partial charge is 0.142 e. The molecule has 0 bridgehead atoms. The lowest BCUT2D eigenvalue weighted by molar-refractivity contribution is 0.315. The number of anilines is 1. The molecule has 0 unspecified atom stereocenters. The third-order valence-electron chi connectivity index (χ3n) is 4.05. The molecule has 0 spiro atoms. The minimum absolute atomic E-state index is 0.324. The lowest BCUT2D eigenvalue weighted by Gasteiger charge is -2.12. The van der Waals surface area contributed by atoms with E-state index in [4.69, 9.17) is 4.74 Å². The summed E-state index contributed by atoms with van der Waals surface area (Å²) in [5, 5.41) is 6.30. The van der Waals surface area contributed by atoms with E-state index >= 15 is 0 Å². The number of pyridine rings is 1. The van der Waals surface area contributed by atoms with Crippen LogP contribution in [-0.2, 0) is 6.54 Å². The van der Waals surface area contributed by atoms with Crippen molar-refractivity contribution in [2.24, 2.45) is 0 Å². The minimum atomic E-state index is -0.605. The highest BCUT2D eigenvalue weighted by Crippen LogP contribution is 2.24. The van der Waals surface area contributed by atoms with Crippen LogP contribution in [0, 0.1) is 11.6 Å². The molecule has 0 saturated heterocycles. The molecule has 2 N–H and O–H groups in total. The predicted molar refractivity (Wildman–Crippen MR) is 107 cm³/mol. The van der Waals surface area contributed by atoms with Crippen LogP contribution in [0.25, 0.3) is 11.1 Å². The molecule has 3 aromatic rings. The zero-order valence-electron chi connectivity index (χ0n) is 15.3. The highest BCUT2D eigenvalue weighted by molar-refractivity contribution is 5.63. The Kier molecular flexibility index (Phi) is 6.70. The Bertz CT molecular complexity index is 947. The third kappa shape index (κ3) is 5.14. The molecule has 1 aromatic heterocycles. The van der Waals surface area contributed by atoms with Crippen molar-refractivity contribution in [1.29, 1.82) is 0 Å². The first-order valence-corrected chi connectivity index (χ1v) is 8.86. The van der Waals surface area contributed by atoms with Crippen molar-refractivity contribution in [1.82, 2.24) is 10.3 Å². The van der Waals surface area contributed by atoms with Crippen LogP contribution in [0.3, 0.4) is 0 Å². The molecule has 0 aliphatic heterocycles. The summed E-state index contributed by atoms with van der Waals surface area (Å²) in [7, 11) is 0. The van der Waals surface area contributed by atoms with Crippen molar-refractivity contribution in [3.63, 3.8) is 0 Å². The Morgan fingerprint density at radius 3 is 2.75 bits per heavy atom. The van der Waals surface area contributed by atoms with Crippen LogP contribution in [0.1, 0.15) is 5.56 Å². The van der Waals surface area contributed by atoms with Crippen molar-refractivity contribution in [2.75, 3.05) is 18.5 Å². The first-order chi connectivity index (χ1) is 13.7. The Hall–Kier alpha value is -3.25. The van der Waals surface area contributed by atoms with Gasteiger partial charge in [-0.2, -0.15) is 0 Å². The molecule has 2 aromatic carbocycles. The van der Waals surface area contributed by atoms with E-state index in [0.717, 1.165) is 23.1 Å². The second-order valence-corrected chi connectivity index (χ2v) is 6.08. The van der Waals surface area contributed by atoms with Crippen LogP contribution < -0.4 is 15.4 Å². The fourth-order valence-corrected chi connectivity index (χ4v) is 2.74. The number of benzene rings is 2. The van der Waals surface area contributed by atoms with Gasteiger partial charge in [0.15, 0.2) is 0 Å². The van der Waals surface area contributed by atoms with E-state index in [9.17, 15) is 8.78 Å². The number of rotatable bonds is 9. The van der Waals surface area contributed by atoms with Gasteiger partial charge in [0.05, 0.1) is 5.69 Å². The van der Waals surface area contributed by atoms with Crippen molar-refractivity contribution in [3.05, 3.63) is 90.9 Å². The van der Waals surface area contributed by atoms with Crippen molar-refractivity contribution < 1.29 is 13.5 Å². The van der Waals surface area contributed by atoms with Crippen molar-refractivity contribution in [3.8, 4) is 16.9 Å². The number of para-hydroxylation sites is 2. The topological polar surface area (TPSA) is 46.2 Å². The van der Waals surface area contributed by atoms with E-state index in [2.05, 4.69) is 22.2 Å². The van der Waals surface area contributed by atoms with Gasteiger partial charge >= 0.3 is 0 Å². The van der Waals surface area contributed by atoms with Gasteiger partial charge in [-0.15, -0.1) is 0 Å². The van der Waals surface area contributed by atoms with Gasteiger partial charge in [0.2, 0.25) is 0 Å². The van der Waals surface area contributed by atoms with E-state index in [1.807, 2.05) is 30.3 Å². The molecule has 6 heteroatoms. The zero-order valence-corrected chi connectivity index (χ0v) is 15.3. The average molecular weight is 381 g/mol. The van der Waals surface area contributed by atoms with E-state index in [0.29, 0.717) is 30.8 Å². The van der Waals surface area contributed by atoms with Gasteiger partial charge in [-0.05, 0) is 42.1 Å². The fraction of sp³-hybridized carbons (Fsp3) is 0.136. The van der Waals surface area contributed by atoms with Gasteiger partial charge in [-0.1, -0.05) is 18.7 Å². The molecule has 28 heavy (non-hydrogen) atoms. The molecule has 4 nitrogen and oxygen atoms in total. The van der Waals surface area contributed by atoms with Gasteiger partial charge in [0.1, 0.15) is 24.0 Å². The normalized spacial score (nSPS) is 10.5. The maximum Gasteiger partial charge on any atom is 0.142 e. The SMILES string of the molecule is C=CNc1ccccc1OCCNCc1cncc(-c2ccc(F)cc2F)c1. The average Bonchev–Trinajstić information content (AvgIpc) is 2.69. The van der Waals surface area contributed by atoms with Crippen LogP contribution >= 0.6 is 0 Å². The predicted octanol–water partition coefficient (Wildman–Crippen LogP) is 4.75. The van der Waals surface area contributed by atoms with Crippen LogP contribution in [0.4, 0.5) is 14.5 Å². The molecule has 0 aliphatic rings. The minimum Gasteiger partial charge on any atom is -0.490 e. The number of halogens is 2. The van der Waals surface area contributed by atoms with E-state index in [1.54, 1.807) is 18.6 Å². The fourth-order valence-electron chi connectivity index (χ4n) is 2.74.